The van der Waals surface area contributed by atoms with Gasteiger partial charge in [0.2, 0.25) is 0 Å². The molecule has 0 spiro atoms. The molecule has 0 aliphatic rings. The molecule has 1 N–H and O–H groups in total. The van der Waals surface area contributed by atoms with Crippen molar-refractivity contribution in [2.45, 2.75) is 80.8 Å². The molecule has 0 aliphatic carbocycles. The predicted molar refractivity (Wildman–Crippen MR) is 84.4 cm³/mol. The van der Waals surface area contributed by atoms with Crippen molar-refractivity contribution >= 4 is 31.9 Å². The molecule has 0 rings (SSSR count). The SMILES string of the molecule is CCCCC(Br)C(Br)CCCCCCCCO. The van der Waals surface area contributed by atoms with Crippen LogP contribution in [0.2, 0.25) is 0 Å². The molecular weight excluding hydrogens is 344 g/mol. The van der Waals surface area contributed by atoms with Crippen LogP contribution in [0.25, 0.3) is 0 Å². The summed E-state index contributed by atoms with van der Waals surface area (Å²) < 4.78 is 0. The summed E-state index contributed by atoms with van der Waals surface area (Å²) in [7, 11) is 0. The van der Waals surface area contributed by atoms with Gasteiger partial charge in [0, 0.05) is 16.3 Å². The Labute approximate surface area is 124 Å². The fourth-order valence-corrected chi connectivity index (χ4v) is 3.10. The van der Waals surface area contributed by atoms with Crippen LogP contribution in [-0.2, 0) is 0 Å². The van der Waals surface area contributed by atoms with E-state index in [-0.39, 0.29) is 0 Å². The molecule has 0 aromatic carbocycles. The Morgan fingerprint density at radius 1 is 0.765 bits per heavy atom. The van der Waals surface area contributed by atoms with Crippen LogP contribution >= 0.6 is 31.9 Å². The molecule has 17 heavy (non-hydrogen) atoms. The lowest BCUT2D eigenvalue weighted by molar-refractivity contribution is 0.282. The molecule has 0 saturated carbocycles. The van der Waals surface area contributed by atoms with E-state index in [4.69, 9.17) is 5.11 Å². The zero-order valence-corrected chi connectivity index (χ0v) is 14.3. The van der Waals surface area contributed by atoms with Gasteiger partial charge in [-0.3, -0.25) is 0 Å². The standard InChI is InChI=1S/C14H28Br2O/c1-2-3-10-13(15)14(16)11-8-6-4-5-7-9-12-17/h13-14,17H,2-12H2,1H3. The third kappa shape index (κ3) is 11.7. The van der Waals surface area contributed by atoms with Crippen LogP contribution in [0.5, 0.6) is 0 Å². The summed E-state index contributed by atoms with van der Waals surface area (Å²) in [6.07, 6.45) is 12.6. The fraction of sp³-hybridized carbons (Fsp3) is 1.00. The third-order valence-corrected chi connectivity index (χ3v) is 6.02. The van der Waals surface area contributed by atoms with Gasteiger partial charge in [0.15, 0.2) is 0 Å². The van der Waals surface area contributed by atoms with Crippen molar-refractivity contribution in [2.24, 2.45) is 0 Å². The molecule has 2 unspecified atom stereocenters. The lowest BCUT2D eigenvalue weighted by Gasteiger charge is -2.16. The fourth-order valence-electron chi connectivity index (χ4n) is 1.92. The molecule has 0 aromatic heterocycles. The molecule has 3 heteroatoms. The van der Waals surface area contributed by atoms with Crippen LogP contribution in [0, 0.1) is 0 Å². The Morgan fingerprint density at radius 2 is 1.24 bits per heavy atom. The van der Waals surface area contributed by atoms with Crippen molar-refractivity contribution in [3.8, 4) is 0 Å². The van der Waals surface area contributed by atoms with Gasteiger partial charge in [-0.25, -0.2) is 0 Å². The first-order chi connectivity index (χ1) is 8.22. The maximum absolute atomic E-state index is 8.66. The minimum absolute atomic E-state index is 0.353. The van der Waals surface area contributed by atoms with E-state index in [9.17, 15) is 0 Å². The predicted octanol–water partition coefficient (Wildman–Crippen LogP) is 5.43. The number of hydrogen-bond acceptors (Lipinski definition) is 1. The first kappa shape index (κ1) is 17.9. The van der Waals surface area contributed by atoms with Crippen LogP contribution in [-0.4, -0.2) is 21.4 Å². The normalized spacial score (nSPS) is 14.8. The van der Waals surface area contributed by atoms with Gasteiger partial charge in [-0.1, -0.05) is 83.7 Å². The summed E-state index contributed by atoms with van der Waals surface area (Å²) >= 11 is 7.56. The first-order valence-corrected chi connectivity index (χ1v) is 8.94. The van der Waals surface area contributed by atoms with Crippen molar-refractivity contribution < 1.29 is 5.11 Å². The Hall–Kier alpha value is 0.920. The van der Waals surface area contributed by atoms with Gasteiger partial charge in [0.05, 0.1) is 0 Å². The molecular formula is C14H28Br2O. The van der Waals surface area contributed by atoms with Crippen molar-refractivity contribution in [1.82, 2.24) is 0 Å². The summed E-state index contributed by atoms with van der Waals surface area (Å²) in [5.74, 6) is 0. The van der Waals surface area contributed by atoms with Crippen LogP contribution in [0.3, 0.4) is 0 Å². The highest BCUT2D eigenvalue weighted by Crippen LogP contribution is 2.24. The molecule has 0 aliphatic heterocycles. The molecule has 0 fully saturated rings. The van der Waals surface area contributed by atoms with E-state index in [2.05, 4.69) is 38.8 Å². The van der Waals surface area contributed by atoms with Gasteiger partial charge in [0.25, 0.3) is 0 Å². The molecule has 0 amide bonds. The zero-order chi connectivity index (χ0) is 12.9. The van der Waals surface area contributed by atoms with E-state index >= 15 is 0 Å². The van der Waals surface area contributed by atoms with Crippen LogP contribution < -0.4 is 0 Å². The van der Waals surface area contributed by atoms with E-state index in [0.29, 0.717) is 16.3 Å². The third-order valence-electron chi connectivity index (χ3n) is 3.11. The highest BCUT2D eigenvalue weighted by atomic mass is 79.9. The second-order valence-electron chi connectivity index (χ2n) is 4.81. The zero-order valence-electron chi connectivity index (χ0n) is 11.1. The van der Waals surface area contributed by atoms with Crippen LogP contribution in [0.1, 0.15) is 71.1 Å². The maximum Gasteiger partial charge on any atom is 0.0431 e. The summed E-state index contributed by atoms with van der Waals surface area (Å²) in [5.41, 5.74) is 0. The van der Waals surface area contributed by atoms with Gasteiger partial charge in [-0.2, -0.15) is 0 Å². The summed E-state index contributed by atoms with van der Waals surface area (Å²) in [5, 5.41) is 8.66. The van der Waals surface area contributed by atoms with Gasteiger partial charge in [-0.15, -0.1) is 0 Å². The number of hydrogen-bond donors (Lipinski definition) is 1. The Bertz CT molecular complexity index is 153. The average molecular weight is 372 g/mol. The summed E-state index contributed by atoms with van der Waals surface area (Å²) in [4.78, 5) is 1.27. The van der Waals surface area contributed by atoms with Crippen molar-refractivity contribution in [3.05, 3.63) is 0 Å². The average Bonchev–Trinajstić information content (AvgIpc) is 2.34. The molecule has 0 aromatic rings. The lowest BCUT2D eigenvalue weighted by atomic mass is 10.1. The molecule has 0 radical (unpaired) electrons. The Morgan fingerprint density at radius 3 is 1.76 bits per heavy atom. The first-order valence-electron chi connectivity index (χ1n) is 7.11. The van der Waals surface area contributed by atoms with E-state index < -0.39 is 0 Å². The molecule has 0 heterocycles. The van der Waals surface area contributed by atoms with Gasteiger partial charge >= 0.3 is 0 Å². The van der Waals surface area contributed by atoms with Gasteiger partial charge in [-0.05, 0) is 19.3 Å². The van der Waals surface area contributed by atoms with Gasteiger partial charge < -0.3 is 5.11 Å². The van der Waals surface area contributed by atoms with Crippen molar-refractivity contribution in [2.75, 3.05) is 6.61 Å². The number of alkyl halides is 2. The largest absolute Gasteiger partial charge is 0.396 e. The molecule has 1 nitrogen and oxygen atoms in total. The Balaban J connectivity index is 3.28. The topological polar surface area (TPSA) is 20.2 Å². The second kappa shape index (κ2) is 13.4. The highest BCUT2D eigenvalue weighted by Gasteiger charge is 2.14. The highest BCUT2D eigenvalue weighted by molar-refractivity contribution is 9.12. The molecule has 104 valence electrons. The van der Waals surface area contributed by atoms with Crippen molar-refractivity contribution in [1.29, 1.82) is 0 Å². The van der Waals surface area contributed by atoms with Crippen LogP contribution in [0.4, 0.5) is 0 Å². The quantitative estimate of drug-likeness (QED) is 0.358. The molecule has 0 bridgehead atoms. The van der Waals surface area contributed by atoms with E-state index in [1.165, 1.54) is 57.8 Å². The smallest absolute Gasteiger partial charge is 0.0431 e. The minimum Gasteiger partial charge on any atom is -0.396 e. The number of aliphatic hydroxyl groups is 1. The van der Waals surface area contributed by atoms with E-state index in [0.717, 1.165) is 6.42 Å². The number of unbranched alkanes of at least 4 members (excludes halogenated alkanes) is 6. The lowest BCUT2D eigenvalue weighted by Crippen LogP contribution is -2.13. The summed E-state index contributed by atoms with van der Waals surface area (Å²) in [6.45, 7) is 2.60. The second-order valence-corrected chi connectivity index (χ2v) is 7.16. The Kier molecular flexibility index (Phi) is 14.1. The monoisotopic (exact) mass is 370 g/mol. The van der Waals surface area contributed by atoms with Crippen LogP contribution in [0.15, 0.2) is 0 Å². The number of halogens is 2. The molecule has 0 saturated heterocycles. The number of aliphatic hydroxyl groups excluding tert-OH is 1. The summed E-state index contributed by atoms with van der Waals surface area (Å²) in [6, 6.07) is 0. The maximum atomic E-state index is 8.66. The van der Waals surface area contributed by atoms with E-state index in [1.807, 2.05) is 0 Å². The van der Waals surface area contributed by atoms with Crippen molar-refractivity contribution in [3.63, 3.8) is 0 Å². The van der Waals surface area contributed by atoms with E-state index in [1.54, 1.807) is 0 Å². The van der Waals surface area contributed by atoms with Gasteiger partial charge in [0.1, 0.15) is 0 Å². The molecule has 2 atom stereocenters. The number of rotatable bonds is 12. The minimum atomic E-state index is 0.353.